The van der Waals surface area contributed by atoms with Crippen molar-refractivity contribution in [3.8, 4) is 0 Å². The van der Waals surface area contributed by atoms with Crippen molar-refractivity contribution in [1.82, 2.24) is 0 Å². The molecule has 94 valence electrons. The molecule has 0 aliphatic heterocycles. The molecule has 1 N–H and O–H groups in total. The third-order valence-electron chi connectivity index (χ3n) is 3.32. The fraction of sp³-hybridized carbons (Fsp3) is 0.533. The highest BCUT2D eigenvalue weighted by Gasteiger charge is 2.31. The van der Waals surface area contributed by atoms with Gasteiger partial charge in [0.2, 0.25) is 0 Å². The van der Waals surface area contributed by atoms with E-state index in [-0.39, 0.29) is 11.5 Å². The van der Waals surface area contributed by atoms with Crippen LogP contribution in [-0.2, 0) is 4.79 Å². The third-order valence-corrected chi connectivity index (χ3v) is 3.32. The number of aliphatic hydroxyl groups is 1. The minimum absolute atomic E-state index is 0.000289. The summed E-state index contributed by atoms with van der Waals surface area (Å²) in [6, 6.07) is 0. The fourth-order valence-electron chi connectivity index (χ4n) is 2.56. The maximum Gasteiger partial charge on any atom is 0.143 e. The van der Waals surface area contributed by atoms with Crippen LogP contribution in [0.1, 0.15) is 40.5 Å². The molecule has 0 radical (unpaired) electrons. The van der Waals surface area contributed by atoms with Crippen LogP contribution >= 0.6 is 0 Å². The lowest BCUT2D eigenvalue weighted by molar-refractivity contribution is -0.104. The van der Waals surface area contributed by atoms with E-state index < -0.39 is 0 Å². The predicted molar refractivity (Wildman–Crippen MR) is 70.7 cm³/mol. The Morgan fingerprint density at radius 3 is 2.65 bits per heavy atom. The van der Waals surface area contributed by atoms with E-state index in [9.17, 15) is 9.90 Å². The Bertz CT molecular complexity index is 384. The van der Waals surface area contributed by atoms with Crippen LogP contribution < -0.4 is 0 Å². The smallest absolute Gasteiger partial charge is 0.143 e. The fourth-order valence-corrected chi connectivity index (χ4v) is 2.56. The summed E-state index contributed by atoms with van der Waals surface area (Å²) >= 11 is 0. The monoisotopic (exact) mass is 234 g/mol. The highest BCUT2D eigenvalue weighted by molar-refractivity contribution is 5.67. The summed E-state index contributed by atoms with van der Waals surface area (Å²) in [5, 5.41) is 9.78. The molecule has 0 saturated carbocycles. The molecule has 0 aromatic carbocycles. The Morgan fingerprint density at radius 2 is 2.12 bits per heavy atom. The summed E-state index contributed by atoms with van der Waals surface area (Å²) < 4.78 is 0. The summed E-state index contributed by atoms with van der Waals surface area (Å²) in [6.45, 7) is 8.28. The summed E-state index contributed by atoms with van der Waals surface area (Å²) in [6.07, 6.45) is 7.71. The Labute approximate surface area is 104 Å². The Morgan fingerprint density at radius 1 is 1.47 bits per heavy atom. The lowest BCUT2D eigenvalue weighted by Crippen LogP contribution is -2.28. The first-order valence-corrected chi connectivity index (χ1v) is 6.05. The molecule has 2 nitrogen and oxygen atoms in total. The van der Waals surface area contributed by atoms with Crippen LogP contribution in [0.3, 0.4) is 0 Å². The van der Waals surface area contributed by atoms with Crippen LogP contribution in [0.25, 0.3) is 0 Å². The molecular weight excluding hydrogens is 212 g/mol. The highest BCUT2D eigenvalue weighted by atomic mass is 16.3. The molecule has 0 amide bonds. The van der Waals surface area contributed by atoms with Gasteiger partial charge < -0.3 is 5.11 Å². The first-order chi connectivity index (χ1) is 7.86. The molecule has 1 aliphatic carbocycles. The highest BCUT2D eigenvalue weighted by Crippen LogP contribution is 2.40. The minimum Gasteiger partial charge on any atom is -0.393 e. The molecule has 0 aromatic rings. The van der Waals surface area contributed by atoms with Crippen LogP contribution in [0.5, 0.6) is 0 Å². The minimum atomic E-state index is -0.228. The topological polar surface area (TPSA) is 37.3 Å². The van der Waals surface area contributed by atoms with Crippen molar-refractivity contribution in [3.63, 3.8) is 0 Å². The van der Waals surface area contributed by atoms with Gasteiger partial charge in [0.1, 0.15) is 6.29 Å². The van der Waals surface area contributed by atoms with Crippen molar-refractivity contribution < 1.29 is 9.90 Å². The van der Waals surface area contributed by atoms with Gasteiger partial charge in [0.05, 0.1) is 6.10 Å². The molecule has 0 fully saturated rings. The zero-order valence-corrected chi connectivity index (χ0v) is 11.2. The van der Waals surface area contributed by atoms with E-state index in [0.717, 1.165) is 24.7 Å². The van der Waals surface area contributed by atoms with Crippen LogP contribution in [0.2, 0.25) is 0 Å². The largest absolute Gasteiger partial charge is 0.393 e. The second-order valence-corrected chi connectivity index (χ2v) is 5.52. The van der Waals surface area contributed by atoms with Gasteiger partial charge in [-0.1, -0.05) is 31.6 Å². The number of rotatable bonds is 3. The summed E-state index contributed by atoms with van der Waals surface area (Å²) in [5.41, 5.74) is 3.47. The van der Waals surface area contributed by atoms with Crippen LogP contribution in [-0.4, -0.2) is 17.5 Å². The van der Waals surface area contributed by atoms with Crippen LogP contribution in [0.15, 0.2) is 34.9 Å². The number of carbonyl (C=O) groups is 1. The molecule has 1 unspecified atom stereocenters. The Balaban J connectivity index is 2.98. The predicted octanol–water partition coefficient (Wildman–Crippen LogP) is 3.19. The maximum absolute atomic E-state index is 10.3. The first kappa shape index (κ1) is 13.9. The standard InChI is InChI=1S/C15H22O2/c1-11(7-8-16)5-6-14-12(2)9-13(17)10-15(14,3)4/h5-8,13,17H,9-10H2,1-4H3. The van der Waals surface area contributed by atoms with Gasteiger partial charge in [0.25, 0.3) is 0 Å². The van der Waals surface area contributed by atoms with Crippen LogP contribution in [0.4, 0.5) is 0 Å². The molecule has 0 heterocycles. The van der Waals surface area contributed by atoms with Gasteiger partial charge in [-0.25, -0.2) is 0 Å². The second kappa shape index (κ2) is 5.46. The molecule has 1 atom stereocenters. The van der Waals surface area contributed by atoms with E-state index in [1.807, 2.05) is 13.0 Å². The van der Waals surface area contributed by atoms with Gasteiger partial charge in [-0.3, -0.25) is 4.79 Å². The zero-order chi connectivity index (χ0) is 13.1. The molecule has 2 heteroatoms. The van der Waals surface area contributed by atoms with Crippen molar-refractivity contribution in [2.75, 3.05) is 0 Å². The molecule has 0 bridgehead atoms. The number of hydrogen-bond donors (Lipinski definition) is 1. The summed E-state index contributed by atoms with van der Waals surface area (Å²) in [5.74, 6) is 0. The van der Waals surface area contributed by atoms with E-state index in [4.69, 9.17) is 0 Å². The molecule has 0 saturated heterocycles. The SMILES string of the molecule is CC(C=CC1=C(C)CC(O)CC1(C)C)=CC=O. The second-order valence-electron chi connectivity index (χ2n) is 5.52. The van der Waals surface area contributed by atoms with E-state index in [0.29, 0.717) is 0 Å². The van der Waals surface area contributed by atoms with Gasteiger partial charge in [-0.15, -0.1) is 0 Å². The lowest BCUT2D eigenvalue weighted by Gasteiger charge is -2.35. The van der Waals surface area contributed by atoms with Crippen LogP contribution in [0, 0.1) is 5.41 Å². The van der Waals surface area contributed by atoms with Gasteiger partial charge in [-0.2, -0.15) is 0 Å². The number of hydrogen-bond acceptors (Lipinski definition) is 2. The average Bonchev–Trinajstić information content (AvgIpc) is 2.14. The van der Waals surface area contributed by atoms with Crippen molar-refractivity contribution in [3.05, 3.63) is 34.9 Å². The summed E-state index contributed by atoms with van der Waals surface area (Å²) in [7, 11) is 0. The Hall–Kier alpha value is -1.15. The zero-order valence-electron chi connectivity index (χ0n) is 11.2. The van der Waals surface area contributed by atoms with E-state index in [2.05, 4.69) is 26.8 Å². The Kier molecular flexibility index (Phi) is 4.47. The molecule has 1 aliphatic rings. The number of aldehydes is 1. The number of allylic oxidation sites excluding steroid dienone is 5. The third kappa shape index (κ3) is 3.67. The number of carbonyl (C=O) groups excluding carboxylic acids is 1. The van der Waals surface area contributed by atoms with E-state index in [1.54, 1.807) is 6.08 Å². The average molecular weight is 234 g/mol. The van der Waals surface area contributed by atoms with E-state index >= 15 is 0 Å². The van der Waals surface area contributed by atoms with Crippen molar-refractivity contribution in [2.45, 2.75) is 46.6 Å². The molecular formula is C15H22O2. The number of aliphatic hydroxyl groups excluding tert-OH is 1. The van der Waals surface area contributed by atoms with E-state index in [1.165, 1.54) is 11.1 Å². The molecule has 17 heavy (non-hydrogen) atoms. The quantitative estimate of drug-likeness (QED) is 0.462. The first-order valence-electron chi connectivity index (χ1n) is 6.05. The summed E-state index contributed by atoms with van der Waals surface area (Å²) in [4.78, 5) is 10.3. The van der Waals surface area contributed by atoms with Gasteiger partial charge >= 0.3 is 0 Å². The molecule has 0 aromatic heterocycles. The lowest BCUT2D eigenvalue weighted by atomic mass is 9.71. The molecule has 0 spiro atoms. The van der Waals surface area contributed by atoms with Crippen molar-refractivity contribution >= 4 is 6.29 Å². The van der Waals surface area contributed by atoms with Crippen molar-refractivity contribution in [1.29, 1.82) is 0 Å². The molecule has 1 rings (SSSR count). The van der Waals surface area contributed by atoms with Crippen molar-refractivity contribution in [2.24, 2.45) is 5.41 Å². The van der Waals surface area contributed by atoms with Gasteiger partial charge in [0, 0.05) is 0 Å². The van der Waals surface area contributed by atoms with Gasteiger partial charge in [-0.05, 0) is 49.3 Å². The maximum atomic E-state index is 10.3. The normalized spacial score (nSPS) is 25.5. The van der Waals surface area contributed by atoms with Gasteiger partial charge in [0.15, 0.2) is 0 Å².